The van der Waals surface area contributed by atoms with Gasteiger partial charge in [0.2, 0.25) is 0 Å². The summed E-state index contributed by atoms with van der Waals surface area (Å²) in [4.78, 5) is 24.8. The predicted molar refractivity (Wildman–Crippen MR) is 90.9 cm³/mol. The van der Waals surface area contributed by atoms with Crippen molar-refractivity contribution in [2.24, 2.45) is 0 Å². The molecule has 3 aromatic carbocycles. The highest BCUT2D eigenvalue weighted by Gasteiger charge is 2.21. The quantitative estimate of drug-likeness (QED) is 0.580. The third kappa shape index (κ3) is 4.03. The molecule has 0 saturated carbocycles. The standard InChI is InChI=1S/C20H14O5/c21-14-11-12-17(19(22)24-15-7-3-1-4-8-15)18(13-14)20(23)25-16-9-5-2-6-10-16/h1-13,21H. The summed E-state index contributed by atoms with van der Waals surface area (Å²) >= 11 is 0. The van der Waals surface area contributed by atoms with Crippen LogP contribution in [0.3, 0.4) is 0 Å². The van der Waals surface area contributed by atoms with E-state index in [0.717, 1.165) is 0 Å². The predicted octanol–water partition coefficient (Wildman–Crippen LogP) is 3.83. The lowest BCUT2D eigenvalue weighted by Gasteiger charge is -2.10. The molecule has 25 heavy (non-hydrogen) atoms. The molecule has 0 aromatic heterocycles. The monoisotopic (exact) mass is 334 g/mol. The van der Waals surface area contributed by atoms with Crippen LogP contribution in [0.1, 0.15) is 20.7 Å². The second-order valence-corrected chi connectivity index (χ2v) is 5.14. The van der Waals surface area contributed by atoms with E-state index in [1.807, 2.05) is 0 Å². The molecule has 0 bridgehead atoms. The Bertz CT molecular complexity index is 888. The topological polar surface area (TPSA) is 72.8 Å². The van der Waals surface area contributed by atoms with Crippen LogP contribution in [-0.4, -0.2) is 17.0 Å². The highest BCUT2D eigenvalue weighted by atomic mass is 16.5. The van der Waals surface area contributed by atoms with Gasteiger partial charge in [-0.25, -0.2) is 9.59 Å². The first kappa shape index (κ1) is 16.3. The number of para-hydroxylation sites is 2. The van der Waals surface area contributed by atoms with Crippen molar-refractivity contribution in [1.82, 2.24) is 0 Å². The molecule has 5 nitrogen and oxygen atoms in total. The molecule has 3 rings (SSSR count). The van der Waals surface area contributed by atoms with Gasteiger partial charge in [-0.2, -0.15) is 0 Å². The lowest BCUT2D eigenvalue weighted by Crippen LogP contribution is -2.17. The van der Waals surface area contributed by atoms with Crippen LogP contribution in [0.25, 0.3) is 0 Å². The van der Waals surface area contributed by atoms with Crippen LogP contribution in [-0.2, 0) is 0 Å². The Labute approximate surface area is 144 Å². The van der Waals surface area contributed by atoms with Gasteiger partial charge in [-0.15, -0.1) is 0 Å². The number of carbonyl (C=O) groups excluding carboxylic acids is 2. The molecule has 0 saturated heterocycles. The van der Waals surface area contributed by atoms with Gasteiger partial charge >= 0.3 is 11.9 Å². The highest BCUT2D eigenvalue weighted by molar-refractivity contribution is 6.04. The number of phenols is 1. The molecule has 124 valence electrons. The Morgan fingerprint density at radius 1 is 0.640 bits per heavy atom. The second kappa shape index (κ2) is 7.31. The maximum Gasteiger partial charge on any atom is 0.344 e. The zero-order valence-corrected chi connectivity index (χ0v) is 13.1. The van der Waals surface area contributed by atoms with Crippen molar-refractivity contribution in [2.75, 3.05) is 0 Å². The molecule has 0 unspecified atom stereocenters. The van der Waals surface area contributed by atoms with Crippen molar-refractivity contribution in [2.45, 2.75) is 0 Å². The van der Waals surface area contributed by atoms with Crippen LogP contribution < -0.4 is 9.47 Å². The first-order valence-corrected chi connectivity index (χ1v) is 7.51. The van der Waals surface area contributed by atoms with Crippen molar-refractivity contribution in [1.29, 1.82) is 0 Å². The summed E-state index contributed by atoms with van der Waals surface area (Å²) in [5, 5.41) is 9.66. The summed E-state index contributed by atoms with van der Waals surface area (Å²) in [5.74, 6) is -0.953. The van der Waals surface area contributed by atoms with Crippen LogP contribution in [0.2, 0.25) is 0 Å². The number of hydrogen-bond donors (Lipinski definition) is 1. The maximum absolute atomic E-state index is 12.4. The molecule has 0 fully saturated rings. The summed E-state index contributed by atoms with van der Waals surface area (Å²) in [6, 6.07) is 20.7. The molecule has 0 aliphatic carbocycles. The highest BCUT2D eigenvalue weighted by Crippen LogP contribution is 2.21. The van der Waals surface area contributed by atoms with Crippen molar-refractivity contribution < 1.29 is 24.2 Å². The Balaban J connectivity index is 1.87. The molecule has 0 radical (unpaired) electrons. The van der Waals surface area contributed by atoms with E-state index in [4.69, 9.17) is 9.47 Å². The molecule has 3 aromatic rings. The molecule has 0 spiro atoms. The van der Waals surface area contributed by atoms with Crippen molar-refractivity contribution in [3.63, 3.8) is 0 Å². The smallest absolute Gasteiger partial charge is 0.344 e. The number of phenolic OH excluding ortho intramolecular Hbond substituents is 1. The van der Waals surface area contributed by atoms with Crippen LogP contribution in [0.5, 0.6) is 17.2 Å². The summed E-state index contributed by atoms with van der Waals surface area (Å²) in [5.41, 5.74) is -0.0765. The lowest BCUT2D eigenvalue weighted by atomic mass is 10.1. The van der Waals surface area contributed by atoms with E-state index in [1.165, 1.54) is 18.2 Å². The number of rotatable bonds is 4. The number of carbonyl (C=O) groups is 2. The Hall–Kier alpha value is -3.60. The minimum absolute atomic E-state index is 0.00239. The van der Waals surface area contributed by atoms with Crippen LogP contribution >= 0.6 is 0 Å². The largest absolute Gasteiger partial charge is 0.508 e. The van der Waals surface area contributed by atoms with Gasteiger partial charge < -0.3 is 14.6 Å². The Morgan fingerprint density at radius 3 is 1.64 bits per heavy atom. The van der Waals surface area contributed by atoms with Crippen molar-refractivity contribution in [3.8, 4) is 17.2 Å². The van der Waals surface area contributed by atoms with Gasteiger partial charge in [0, 0.05) is 0 Å². The zero-order valence-electron chi connectivity index (χ0n) is 13.1. The molecular weight excluding hydrogens is 320 g/mol. The third-order valence-electron chi connectivity index (χ3n) is 3.35. The number of hydrogen-bond acceptors (Lipinski definition) is 5. The molecule has 0 amide bonds. The molecule has 0 aliphatic rings. The SMILES string of the molecule is O=C(Oc1ccccc1)c1ccc(O)cc1C(=O)Oc1ccccc1. The molecule has 5 heteroatoms. The van der Waals surface area contributed by atoms with Gasteiger partial charge in [0.15, 0.2) is 0 Å². The minimum Gasteiger partial charge on any atom is -0.508 e. The molecule has 0 heterocycles. The van der Waals surface area contributed by atoms with E-state index in [-0.39, 0.29) is 16.9 Å². The maximum atomic E-state index is 12.4. The van der Waals surface area contributed by atoms with Gasteiger partial charge in [-0.3, -0.25) is 0 Å². The van der Waals surface area contributed by atoms with E-state index >= 15 is 0 Å². The minimum atomic E-state index is -0.762. The van der Waals surface area contributed by atoms with E-state index in [2.05, 4.69) is 0 Å². The fourth-order valence-electron chi connectivity index (χ4n) is 2.18. The lowest BCUT2D eigenvalue weighted by molar-refractivity contribution is 0.0691. The molecule has 1 N–H and O–H groups in total. The molecule has 0 aliphatic heterocycles. The fraction of sp³-hybridized carbons (Fsp3) is 0. The number of aromatic hydroxyl groups is 1. The van der Waals surface area contributed by atoms with E-state index in [1.54, 1.807) is 60.7 Å². The number of ether oxygens (including phenoxy) is 2. The van der Waals surface area contributed by atoms with E-state index < -0.39 is 11.9 Å². The second-order valence-electron chi connectivity index (χ2n) is 5.14. The number of benzene rings is 3. The normalized spacial score (nSPS) is 10.1. The van der Waals surface area contributed by atoms with Gasteiger partial charge in [0.1, 0.15) is 17.2 Å². The first-order valence-electron chi connectivity index (χ1n) is 7.51. The molecular formula is C20H14O5. The summed E-state index contributed by atoms with van der Waals surface area (Å²) < 4.78 is 10.5. The average molecular weight is 334 g/mol. The van der Waals surface area contributed by atoms with E-state index in [9.17, 15) is 14.7 Å². The summed E-state index contributed by atoms with van der Waals surface area (Å²) in [6.07, 6.45) is 0. The number of esters is 2. The summed E-state index contributed by atoms with van der Waals surface area (Å²) in [6.45, 7) is 0. The van der Waals surface area contributed by atoms with Crippen LogP contribution in [0, 0.1) is 0 Å². The molecule has 0 atom stereocenters. The average Bonchev–Trinajstić information content (AvgIpc) is 2.63. The van der Waals surface area contributed by atoms with Gasteiger partial charge in [0.25, 0.3) is 0 Å². The zero-order chi connectivity index (χ0) is 17.6. The van der Waals surface area contributed by atoms with Crippen LogP contribution in [0.4, 0.5) is 0 Å². The van der Waals surface area contributed by atoms with Gasteiger partial charge in [0.05, 0.1) is 11.1 Å². The van der Waals surface area contributed by atoms with Crippen molar-refractivity contribution in [3.05, 3.63) is 90.0 Å². The fourth-order valence-corrected chi connectivity index (χ4v) is 2.18. The van der Waals surface area contributed by atoms with E-state index in [0.29, 0.717) is 11.5 Å². The summed E-state index contributed by atoms with van der Waals surface area (Å²) in [7, 11) is 0. The van der Waals surface area contributed by atoms with Crippen molar-refractivity contribution >= 4 is 11.9 Å². The van der Waals surface area contributed by atoms with Gasteiger partial charge in [-0.05, 0) is 42.5 Å². The van der Waals surface area contributed by atoms with Crippen LogP contribution in [0.15, 0.2) is 78.9 Å². The first-order chi connectivity index (χ1) is 12.1. The third-order valence-corrected chi connectivity index (χ3v) is 3.35. The Kier molecular flexibility index (Phi) is 4.76. The van der Waals surface area contributed by atoms with Gasteiger partial charge in [-0.1, -0.05) is 36.4 Å². The Morgan fingerprint density at radius 2 is 1.12 bits per heavy atom.